The first-order chi connectivity index (χ1) is 29.5. The van der Waals surface area contributed by atoms with Crippen LogP contribution >= 0.6 is 11.6 Å². The van der Waals surface area contributed by atoms with Crippen molar-refractivity contribution in [2.45, 2.75) is 102 Å². The minimum absolute atomic E-state index is 0.0270. The van der Waals surface area contributed by atoms with Crippen LogP contribution in [0.3, 0.4) is 0 Å². The molecule has 0 saturated carbocycles. The topological polar surface area (TPSA) is 115 Å². The fourth-order valence-corrected chi connectivity index (χ4v) is 9.81. The van der Waals surface area contributed by atoms with Gasteiger partial charge in [-0.1, -0.05) is 60.8 Å². The van der Waals surface area contributed by atoms with Gasteiger partial charge in [-0.2, -0.15) is 0 Å². The Balaban J connectivity index is 0.853. The van der Waals surface area contributed by atoms with E-state index in [-0.39, 0.29) is 42.5 Å². The normalized spacial score (nSPS) is 18.8. The summed E-state index contributed by atoms with van der Waals surface area (Å²) in [5.41, 5.74) is 7.60. The predicted octanol–water partition coefficient (Wildman–Crippen LogP) is 8.43. The third-order valence-corrected chi connectivity index (χ3v) is 13.0. The van der Waals surface area contributed by atoms with Gasteiger partial charge >= 0.3 is 5.69 Å². The lowest BCUT2D eigenvalue weighted by atomic mass is 9.86. The Labute approximate surface area is 362 Å². The van der Waals surface area contributed by atoms with Crippen molar-refractivity contribution in [3.8, 4) is 11.5 Å². The van der Waals surface area contributed by atoms with Crippen molar-refractivity contribution in [1.82, 2.24) is 19.4 Å². The standard InChI is InChI=1S/C49H56ClN5O6/c1-31(2)61-43-30-39-36(28-42(43)60-4)29-45(57)54(46(39)35-13-17-37(50)18-14-35)38-19-15-32(16-20-38)33-23-26-53(27-24-33)25-8-6-5-7-10-34-11-9-12-40-47(34)52(3)49(59)55(40)41-21-22-44(56)51-48(41)58/h9,11-20,28,30-31,33,41,46H,5-8,10,21-27,29H2,1-4H3,(H,51,56,58). The highest BCUT2D eigenvalue weighted by Crippen LogP contribution is 2.44. The molecule has 2 saturated heterocycles. The molecule has 11 nitrogen and oxygen atoms in total. The highest BCUT2D eigenvalue weighted by molar-refractivity contribution is 6.30. The van der Waals surface area contributed by atoms with Crippen molar-refractivity contribution in [2.24, 2.45) is 7.05 Å². The number of benzene rings is 4. The maximum atomic E-state index is 14.0. The summed E-state index contributed by atoms with van der Waals surface area (Å²) in [6, 6.07) is 25.3. The predicted molar refractivity (Wildman–Crippen MR) is 239 cm³/mol. The first-order valence-corrected chi connectivity index (χ1v) is 22.2. The number of likely N-dealkylation sites (tertiary alicyclic amines) is 1. The number of hydrogen-bond donors (Lipinski definition) is 1. The molecule has 3 aliphatic rings. The average molecular weight is 846 g/mol. The number of anilines is 1. The third-order valence-electron chi connectivity index (χ3n) is 12.7. The number of methoxy groups -OCH3 is 1. The smallest absolute Gasteiger partial charge is 0.329 e. The molecule has 320 valence electrons. The van der Waals surface area contributed by atoms with E-state index in [0.717, 1.165) is 104 Å². The molecular formula is C49H56ClN5O6. The molecule has 0 spiro atoms. The molecular weight excluding hydrogens is 790 g/mol. The van der Waals surface area contributed by atoms with Crippen LogP contribution in [0, 0.1) is 0 Å². The summed E-state index contributed by atoms with van der Waals surface area (Å²) < 4.78 is 15.1. The second-order valence-corrected chi connectivity index (χ2v) is 17.5. The number of amides is 3. The number of ether oxygens (including phenoxy) is 2. The van der Waals surface area contributed by atoms with Crippen LogP contribution in [-0.2, 0) is 34.3 Å². The van der Waals surface area contributed by atoms with E-state index in [2.05, 4.69) is 40.5 Å². The van der Waals surface area contributed by atoms with E-state index in [0.29, 0.717) is 28.9 Å². The second-order valence-electron chi connectivity index (χ2n) is 17.1. The number of aromatic nitrogens is 2. The zero-order valence-corrected chi connectivity index (χ0v) is 36.4. The van der Waals surface area contributed by atoms with Crippen molar-refractivity contribution in [3.63, 3.8) is 0 Å². The molecule has 8 rings (SSSR count). The first-order valence-electron chi connectivity index (χ1n) is 21.8. The largest absolute Gasteiger partial charge is 0.493 e. The Bertz CT molecular complexity index is 2470. The van der Waals surface area contributed by atoms with Crippen LogP contribution in [0.4, 0.5) is 5.69 Å². The molecule has 4 heterocycles. The van der Waals surface area contributed by atoms with Crippen molar-refractivity contribution in [3.05, 3.63) is 122 Å². The van der Waals surface area contributed by atoms with E-state index in [1.807, 2.05) is 67.3 Å². The number of unbranched alkanes of at least 4 members (excludes halogenated alkanes) is 3. The second kappa shape index (κ2) is 18.3. The SMILES string of the molecule is COc1cc2c(cc1OC(C)C)C(c1ccc(Cl)cc1)N(c1ccc(C3CCN(CCCCCCc4cccc5c4n(C)c(=O)n5C4CCC(=O)NC4=O)CC3)cc1)C(=O)C2. The van der Waals surface area contributed by atoms with Crippen LogP contribution in [0.1, 0.15) is 111 Å². The lowest BCUT2D eigenvalue weighted by Gasteiger charge is -2.38. The molecule has 3 aliphatic heterocycles. The third kappa shape index (κ3) is 8.86. The van der Waals surface area contributed by atoms with Crippen molar-refractivity contribution >= 4 is 46.0 Å². The van der Waals surface area contributed by atoms with E-state index in [1.165, 1.54) is 5.56 Å². The van der Waals surface area contributed by atoms with Gasteiger partial charge in [-0.25, -0.2) is 4.79 Å². The molecule has 0 radical (unpaired) electrons. The molecule has 61 heavy (non-hydrogen) atoms. The van der Waals surface area contributed by atoms with Gasteiger partial charge in [0.1, 0.15) is 6.04 Å². The maximum absolute atomic E-state index is 14.0. The van der Waals surface area contributed by atoms with E-state index >= 15 is 0 Å². The summed E-state index contributed by atoms with van der Waals surface area (Å²) in [6.45, 7) is 7.20. The van der Waals surface area contributed by atoms with Crippen LogP contribution in [-0.4, -0.2) is 64.6 Å². The van der Waals surface area contributed by atoms with Gasteiger partial charge in [-0.05, 0) is 148 Å². The number of hydrogen-bond acceptors (Lipinski definition) is 7. The number of piperidine rings is 2. The summed E-state index contributed by atoms with van der Waals surface area (Å²) >= 11 is 6.32. The Hall–Kier alpha value is -5.39. The Morgan fingerprint density at radius 2 is 1.56 bits per heavy atom. The van der Waals surface area contributed by atoms with Gasteiger partial charge in [0, 0.05) is 24.2 Å². The van der Waals surface area contributed by atoms with E-state index < -0.39 is 11.9 Å². The molecule has 5 aromatic rings. The van der Waals surface area contributed by atoms with Gasteiger partial charge in [0.25, 0.3) is 0 Å². The fourth-order valence-electron chi connectivity index (χ4n) is 9.68. The van der Waals surface area contributed by atoms with Crippen LogP contribution in [0.2, 0.25) is 5.02 Å². The highest BCUT2D eigenvalue weighted by atomic mass is 35.5. The van der Waals surface area contributed by atoms with E-state index in [4.69, 9.17) is 21.1 Å². The molecule has 1 aromatic heterocycles. The first kappa shape index (κ1) is 42.3. The summed E-state index contributed by atoms with van der Waals surface area (Å²) in [6.07, 6.45) is 8.26. The average Bonchev–Trinajstić information content (AvgIpc) is 3.50. The minimum Gasteiger partial charge on any atom is -0.493 e. The maximum Gasteiger partial charge on any atom is 0.329 e. The Morgan fingerprint density at radius 3 is 2.26 bits per heavy atom. The van der Waals surface area contributed by atoms with Gasteiger partial charge in [0.15, 0.2) is 11.5 Å². The van der Waals surface area contributed by atoms with Crippen LogP contribution in [0.25, 0.3) is 11.0 Å². The minimum atomic E-state index is -0.675. The zero-order chi connectivity index (χ0) is 42.8. The lowest BCUT2D eigenvalue weighted by molar-refractivity contribution is -0.135. The zero-order valence-electron chi connectivity index (χ0n) is 35.6. The molecule has 12 heteroatoms. The molecule has 2 atom stereocenters. The fraction of sp³-hybridized carbons (Fsp3) is 0.429. The summed E-state index contributed by atoms with van der Waals surface area (Å²) in [5.74, 6) is 1.08. The molecule has 3 amide bonds. The summed E-state index contributed by atoms with van der Waals surface area (Å²) in [7, 11) is 3.39. The van der Waals surface area contributed by atoms with Gasteiger partial charge in [0.2, 0.25) is 17.7 Å². The Kier molecular flexibility index (Phi) is 12.7. The quantitative estimate of drug-likeness (QED) is 0.0882. The number of imidazole rings is 1. The monoisotopic (exact) mass is 845 g/mol. The number of fused-ring (bicyclic) bond motifs is 2. The molecule has 0 bridgehead atoms. The van der Waals surface area contributed by atoms with Gasteiger partial charge in [-0.15, -0.1) is 0 Å². The number of nitrogens with zero attached hydrogens (tertiary/aromatic N) is 4. The number of imide groups is 1. The van der Waals surface area contributed by atoms with Crippen LogP contribution in [0.5, 0.6) is 11.5 Å². The van der Waals surface area contributed by atoms with Crippen molar-refractivity contribution in [1.29, 1.82) is 0 Å². The van der Waals surface area contributed by atoms with Crippen LogP contribution in [0.15, 0.2) is 83.7 Å². The van der Waals surface area contributed by atoms with Crippen LogP contribution < -0.4 is 25.4 Å². The molecule has 2 unspecified atom stereocenters. The highest BCUT2D eigenvalue weighted by Gasteiger charge is 2.37. The number of carbonyl (C=O) groups is 3. The Morgan fingerprint density at radius 1 is 0.836 bits per heavy atom. The van der Waals surface area contributed by atoms with E-state index in [9.17, 15) is 19.2 Å². The number of para-hydroxylation sites is 1. The van der Waals surface area contributed by atoms with Gasteiger partial charge in [-0.3, -0.25) is 28.8 Å². The number of halogens is 1. The molecule has 2 fully saturated rings. The van der Waals surface area contributed by atoms with Gasteiger partial charge in [0.05, 0.1) is 36.7 Å². The number of aryl methyl sites for hydroxylation is 2. The molecule has 4 aromatic carbocycles. The van der Waals surface area contributed by atoms with Crippen molar-refractivity contribution < 1.29 is 23.9 Å². The number of carbonyl (C=O) groups excluding carboxylic acids is 3. The van der Waals surface area contributed by atoms with Crippen molar-refractivity contribution in [2.75, 3.05) is 31.6 Å². The lowest BCUT2D eigenvalue weighted by Crippen LogP contribution is -2.44. The molecule has 1 N–H and O–H groups in total. The molecule has 0 aliphatic carbocycles. The number of nitrogens with one attached hydrogen (secondary N) is 1. The number of rotatable bonds is 14. The summed E-state index contributed by atoms with van der Waals surface area (Å²) in [4.78, 5) is 56.2. The van der Waals surface area contributed by atoms with Gasteiger partial charge < -0.3 is 19.3 Å². The van der Waals surface area contributed by atoms with E-state index in [1.54, 1.807) is 23.3 Å². The summed E-state index contributed by atoms with van der Waals surface area (Å²) in [5, 5.41) is 3.04.